The van der Waals surface area contributed by atoms with Crippen molar-refractivity contribution in [1.82, 2.24) is 4.98 Å². The molecule has 0 spiro atoms. The van der Waals surface area contributed by atoms with Crippen molar-refractivity contribution in [2.24, 2.45) is 10.2 Å². The minimum absolute atomic E-state index is 0.112. The highest BCUT2D eigenvalue weighted by Crippen LogP contribution is 2.35. The van der Waals surface area contributed by atoms with Gasteiger partial charge in [0.2, 0.25) is 5.88 Å². The number of aromatic nitrogens is 1. The van der Waals surface area contributed by atoms with E-state index >= 15 is 0 Å². The largest absolute Gasteiger partial charge is 0.493 e. The van der Waals surface area contributed by atoms with Gasteiger partial charge < -0.3 is 5.11 Å². The summed E-state index contributed by atoms with van der Waals surface area (Å²) in [5.74, 6) is -1.52. The number of nitrogens with one attached hydrogen (secondary N) is 1. The molecule has 6 rings (SSSR count). The van der Waals surface area contributed by atoms with Gasteiger partial charge in [0.1, 0.15) is 11.3 Å². The fourth-order valence-electron chi connectivity index (χ4n) is 5.23. The summed E-state index contributed by atoms with van der Waals surface area (Å²) in [4.78, 5) is 46.8. The third-order valence-corrected chi connectivity index (χ3v) is 7.48. The fraction of sp³-hybridized carbons (Fsp3) is 0.0263. The van der Waals surface area contributed by atoms with Gasteiger partial charge in [0, 0.05) is 28.3 Å². The maximum atomic E-state index is 14.1. The quantitative estimate of drug-likeness (QED) is 0.166. The normalized spacial score (nSPS) is 10.9. The molecule has 1 aromatic heterocycles. The van der Waals surface area contributed by atoms with E-state index in [0.29, 0.717) is 22.7 Å². The van der Waals surface area contributed by atoms with Crippen LogP contribution in [0.15, 0.2) is 161 Å². The molecule has 0 radical (unpaired) electrons. The molecule has 230 valence electrons. The summed E-state index contributed by atoms with van der Waals surface area (Å²) in [7, 11) is 0. The van der Waals surface area contributed by atoms with Crippen molar-refractivity contribution in [1.29, 1.82) is 0 Å². The van der Waals surface area contributed by atoms with Gasteiger partial charge in [0.15, 0.2) is 0 Å². The molecular weight excluding hydrogens is 590 g/mol. The smallest absolute Gasteiger partial charge is 0.268 e. The SMILES string of the molecule is Cc1c(N=Nc2ccccc2C(=O)N(c2ccccc2)c2ccccc2)c(O)[nH]c(=O)c1C(=O)N(c1ccccc1)c1ccccc1. The second-order valence-electron chi connectivity index (χ2n) is 10.5. The van der Waals surface area contributed by atoms with Gasteiger partial charge in [-0.15, -0.1) is 10.2 Å². The lowest BCUT2D eigenvalue weighted by atomic mass is 10.1. The van der Waals surface area contributed by atoms with Gasteiger partial charge in [-0.1, -0.05) is 84.9 Å². The van der Waals surface area contributed by atoms with Crippen molar-refractivity contribution in [3.63, 3.8) is 0 Å². The van der Waals surface area contributed by atoms with Crippen LogP contribution >= 0.6 is 0 Å². The predicted molar refractivity (Wildman–Crippen MR) is 183 cm³/mol. The molecule has 2 amide bonds. The summed E-state index contributed by atoms with van der Waals surface area (Å²) in [6.07, 6.45) is 0. The minimum atomic E-state index is -0.780. The van der Waals surface area contributed by atoms with E-state index in [1.165, 1.54) is 11.8 Å². The van der Waals surface area contributed by atoms with Crippen LogP contribution in [-0.2, 0) is 0 Å². The van der Waals surface area contributed by atoms with E-state index in [-0.39, 0.29) is 34.0 Å². The summed E-state index contributed by atoms with van der Waals surface area (Å²) >= 11 is 0. The van der Waals surface area contributed by atoms with Gasteiger partial charge in [-0.3, -0.25) is 29.2 Å². The first-order chi connectivity index (χ1) is 22.9. The number of anilines is 4. The molecular formula is C38H29N5O4. The maximum Gasteiger partial charge on any atom is 0.268 e. The molecule has 0 fully saturated rings. The number of carbonyl (C=O) groups excluding carboxylic acids is 2. The number of para-hydroxylation sites is 4. The van der Waals surface area contributed by atoms with E-state index in [4.69, 9.17) is 0 Å². The van der Waals surface area contributed by atoms with E-state index in [2.05, 4.69) is 15.2 Å². The van der Waals surface area contributed by atoms with Gasteiger partial charge in [-0.2, -0.15) is 0 Å². The lowest BCUT2D eigenvalue weighted by Gasteiger charge is -2.24. The molecule has 0 aliphatic heterocycles. The molecule has 2 N–H and O–H groups in total. The van der Waals surface area contributed by atoms with Crippen LogP contribution < -0.4 is 15.4 Å². The van der Waals surface area contributed by atoms with Gasteiger partial charge in [-0.25, -0.2) is 0 Å². The number of pyridine rings is 1. The van der Waals surface area contributed by atoms with Crippen LogP contribution in [0.5, 0.6) is 5.88 Å². The number of amides is 2. The number of nitrogens with zero attached hydrogens (tertiary/aromatic N) is 4. The van der Waals surface area contributed by atoms with Crippen LogP contribution in [0.1, 0.15) is 26.3 Å². The van der Waals surface area contributed by atoms with Gasteiger partial charge in [0.05, 0.1) is 11.3 Å². The zero-order valence-corrected chi connectivity index (χ0v) is 25.3. The van der Waals surface area contributed by atoms with Gasteiger partial charge >= 0.3 is 0 Å². The Hall–Kier alpha value is -6.61. The number of H-pyrrole nitrogens is 1. The van der Waals surface area contributed by atoms with Gasteiger partial charge in [-0.05, 0) is 67.6 Å². The summed E-state index contributed by atoms with van der Waals surface area (Å²) in [6, 6.07) is 43.1. The molecule has 6 aromatic rings. The average molecular weight is 620 g/mol. The molecule has 5 aromatic carbocycles. The van der Waals surface area contributed by atoms with Crippen LogP contribution in [0.3, 0.4) is 0 Å². The molecule has 0 saturated heterocycles. The number of hydrogen-bond acceptors (Lipinski definition) is 6. The molecule has 0 unspecified atom stereocenters. The number of carbonyl (C=O) groups is 2. The van der Waals surface area contributed by atoms with Crippen molar-refractivity contribution >= 4 is 45.9 Å². The standard InChI is InChI=1S/C38H29N5O4/c1-26-33(38(47)43(29-20-10-4-11-21-29)30-22-12-5-13-23-30)35(44)39-36(45)34(26)41-40-32-25-15-14-24-31(32)37(46)42(27-16-6-2-7-17-27)28-18-8-3-9-19-28/h2-25H,1H3,(H2,39,44,45). The lowest BCUT2D eigenvalue weighted by Crippen LogP contribution is -2.32. The van der Waals surface area contributed by atoms with E-state index in [0.717, 1.165) is 0 Å². The second-order valence-corrected chi connectivity index (χ2v) is 10.5. The first kappa shape index (κ1) is 30.4. The van der Waals surface area contributed by atoms with Crippen LogP contribution in [0.4, 0.5) is 34.1 Å². The molecule has 47 heavy (non-hydrogen) atoms. The van der Waals surface area contributed by atoms with E-state index in [1.54, 1.807) is 77.7 Å². The summed E-state index contributed by atoms with van der Waals surface area (Å²) in [5, 5.41) is 19.4. The summed E-state index contributed by atoms with van der Waals surface area (Å²) < 4.78 is 0. The van der Waals surface area contributed by atoms with Crippen molar-refractivity contribution < 1.29 is 14.7 Å². The Bertz CT molecular complexity index is 2040. The Morgan fingerprint density at radius 1 is 0.574 bits per heavy atom. The molecule has 9 nitrogen and oxygen atoms in total. The molecule has 0 aliphatic rings. The number of rotatable bonds is 8. The molecule has 0 atom stereocenters. The van der Waals surface area contributed by atoms with Crippen LogP contribution in [0, 0.1) is 6.92 Å². The summed E-state index contributed by atoms with van der Waals surface area (Å²) in [6.45, 7) is 1.52. The second kappa shape index (κ2) is 13.6. The Morgan fingerprint density at radius 2 is 0.979 bits per heavy atom. The van der Waals surface area contributed by atoms with Crippen molar-refractivity contribution in [2.75, 3.05) is 9.80 Å². The van der Waals surface area contributed by atoms with Crippen LogP contribution in [0.25, 0.3) is 0 Å². The Morgan fingerprint density at radius 3 is 1.45 bits per heavy atom. The highest BCUT2D eigenvalue weighted by molar-refractivity contribution is 6.14. The minimum Gasteiger partial charge on any atom is -0.493 e. The van der Waals surface area contributed by atoms with Crippen LogP contribution in [-0.4, -0.2) is 21.9 Å². The molecule has 0 bridgehead atoms. The number of aromatic hydroxyl groups is 1. The summed E-state index contributed by atoms with van der Waals surface area (Å²) in [5.41, 5.74) is 1.91. The third-order valence-electron chi connectivity index (χ3n) is 7.48. The molecule has 9 heteroatoms. The maximum absolute atomic E-state index is 14.1. The molecule has 0 saturated carbocycles. The Kier molecular flexibility index (Phi) is 8.79. The van der Waals surface area contributed by atoms with E-state index in [1.807, 2.05) is 72.8 Å². The Labute approximate surface area is 270 Å². The van der Waals surface area contributed by atoms with Crippen molar-refractivity contribution in [3.05, 3.63) is 173 Å². The number of hydrogen-bond donors (Lipinski definition) is 2. The van der Waals surface area contributed by atoms with Crippen molar-refractivity contribution in [2.45, 2.75) is 6.92 Å². The lowest BCUT2D eigenvalue weighted by molar-refractivity contribution is 0.0990. The number of benzene rings is 5. The topological polar surface area (TPSA) is 118 Å². The first-order valence-corrected chi connectivity index (χ1v) is 14.8. The third kappa shape index (κ3) is 6.31. The monoisotopic (exact) mass is 619 g/mol. The molecule has 0 aliphatic carbocycles. The highest BCUT2D eigenvalue weighted by atomic mass is 16.3. The van der Waals surface area contributed by atoms with Crippen LogP contribution in [0.2, 0.25) is 0 Å². The van der Waals surface area contributed by atoms with E-state index < -0.39 is 17.3 Å². The molecule has 1 heterocycles. The zero-order chi connectivity index (χ0) is 32.8. The number of aromatic amines is 1. The Balaban J connectivity index is 1.40. The van der Waals surface area contributed by atoms with Gasteiger partial charge in [0.25, 0.3) is 17.4 Å². The predicted octanol–water partition coefficient (Wildman–Crippen LogP) is 8.76. The zero-order valence-electron chi connectivity index (χ0n) is 25.3. The highest BCUT2D eigenvalue weighted by Gasteiger charge is 2.27. The van der Waals surface area contributed by atoms with Crippen molar-refractivity contribution in [3.8, 4) is 5.88 Å². The fourth-order valence-corrected chi connectivity index (χ4v) is 5.23. The average Bonchev–Trinajstić information content (AvgIpc) is 3.10. The first-order valence-electron chi connectivity index (χ1n) is 14.8. The number of azo groups is 1. The van der Waals surface area contributed by atoms with E-state index in [9.17, 15) is 19.5 Å².